The third-order valence-corrected chi connectivity index (χ3v) is 5.01. The summed E-state index contributed by atoms with van der Waals surface area (Å²) in [4.78, 5) is 33.7. The van der Waals surface area contributed by atoms with Crippen LogP contribution in [-0.4, -0.2) is 27.3 Å². The van der Waals surface area contributed by atoms with Crippen LogP contribution in [0.1, 0.15) is 35.1 Å². The van der Waals surface area contributed by atoms with Crippen molar-refractivity contribution in [3.8, 4) is 0 Å². The Morgan fingerprint density at radius 3 is 3.04 bits per heavy atom. The second-order valence-corrected chi connectivity index (χ2v) is 6.76. The highest BCUT2D eigenvalue weighted by Gasteiger charge is 2.24. The number of aromatic nitrogens is 2. The second-order valence-electron chi connectivity index (χ2n) is 6.76. The second kappa shape index (κ2) is 6.44. The zero-order valence-electron chi connectivity index (χ0n) is 15.0. The van der Waals surface area contributed by atoms with Gasteiger partial charge in [-0.05, 0) is 37.5 Å². The normalized spacial score (nSPS) is 13.8. The molecular formula is C20H21N3O3. The first-order valence-corrected chi connectivity index (χ1v) is 8.90. The molecule has 3 aromatic rings. The fourth-order valence-corrected chi connectivity index (χ4v) is 3.54. The predicted molar refractivity (Wildman–Crippen MR) is 98.0 cm³/mol. The topological polar surface area (TPSA) is 79.2 Å². The molecule has 6 nitrogen and oxygen atoms in total. The van der Waals surface area contributed by atoms with Gasteiger partial charge in [0.15, 0.2) is 0 Å². The van der Waals surface area contributed by atoms with Gasteiger partial charge in [0.05, 0.1) is 24.9 Å². The highest BCUT2D eigenvalue weighted by Crippen LogP contribution is 2.24. The SMILES string of the molecule is CCc1ccc2occ(CC(=O)N3CCc4c(nc(C)[nH]c4=O)C3)c2c1. The molecule has 26 heavy (non-hydrogen) atoms. The lowest BCUT2D eigenvalue weighted by molar-refractivity contribution is -0.131. The van der Waals surface area contributed by atoms with Crippen molar-refractivity contribution < 1.29 is 9.21 Å². The van der Waals surface area contributed by atoms with Gasteiger partial charge in [-0.3, -0.25) is 9.59 Å². The summed E-state index contributed by atoms with van der Waals surface area (Å²) in [6.07, 6.45) is 3.44. The summed E-state index contributed by atoms with van der Waals surface area (Å²) in [5.74, 6) is 0.607. The molecule has 0 unspecified atom stereocenters. The van der Waals surface area contributed by atoms with E-state index < -0.39 is 0 Å². The minimum Gasteiger partial charge on any atom is -0.464 e. The number of hydrogen-bond donors (Lipinski definition) is 1. The minimum absolute atomic E-state index is 0.0278. The molecule has 0 fully saturated rings. The van der Waals surface area contributed by atoms with Crippen molar-refractivity contribution in [2.75, 3.05) is 6.54 Å². The van der Waals surface area contributed by atoms with Gasteiger partial charge in [0.1, 0.15) is 11.4 Å². The lowest BCUT2D eigenvalue weighted by atomic mass is 10.0. The Balaban J connectivity index is 1.57. The number of carbonyl (C=O) groups is 1. The molecule has 0 saturated heterocycles. The summed E-state index contributed by atoms with van der Waals surface area (Å²) < 4.78 is 5.60. The van der Waals surface area contributed by atoms with Crippen molar-refractivity contribution in [2.45, 2.75) is 39.7 Å². The van der Waals surface area contributed by atoms with E-state index in [9.17, 15) is 9.59 Å². The van der Waals surface area contributed by atoms with Crippen LogP contribution < -0.4 is 5.56 Å². The number of furan rings is 1. The van der Waals surface area contributed by atoms with Crippen molar-refractivity contribution in [1.29, 1.82) is 0 Å². The first-order valence-electron chi connectivity index (χ1n) is 8.90. The Morgan fingerprint density at radius 1 is 1.38 bits per heavy atom. The number of H-pyrrole nitrogens is 1. The smallest absolute Gasteiger partial charge is 0.254 e. The molecule has 0 saturated carbocycles. The average molecular weight is 351 g/mol. The van der Waals surface area contributed by atoms with E-state index >= 15 is 0 Å². The molecule has 1 aromatic carbocycles. The van der Waals surface area contributed by atoms with Gasteiger partial charge in [-0.15, -0.1) is 0 Å². The number of nitrogens with one attached hydrogen (secondary N) is 1. The number of aryl methyl sites for hydroxylation is 2. The molecule has 1 aliphatic rings. The fourth-order valence-electron chi connectivity index (χ4n) is 3.54. The average Bonchev–Trinajstić information content (AvgIpc) is 3.03. The van der Waals surface area contributed by atoms with Gasteiger partial charge in [-0.25, -0.2) is 4.98 Å². The standard InChI is InChI=1S/C20H21N3O3/c1-3-13-4-5-18-16(8-13)14(11-26-18)9-19(24)23-7-6-15-17(10-23)21-12(2)22-20(15)25/h4-5,8,11H,3,6-7,9-10H2,1-2H3,(H,21,22,25). The van der Waals surface area contributed by atoms with Crippen LogP contribution in [0.2, 0.25) is 0 Å². The van der Waals surface area contributed by atoms with E-state index in [1.807, 2.05) is 12.1 Å². The van der Waals surface area contributed by atoms with E-state index in [0.29, 0.717) is 36.6 Å². The van der Waals surface area contributed by atoms with Crippen LogP contribution in [0.25, 0.3) is 11.0 Å². The van der Waals surface area contributed by atoms with Gasteiger partial charge >= 0.3 is 0 Å². The van der Waals surface area contributed by atoms with Crippen molar-refractivity contribution in [3.63, 3.8) is 0 Å². The van der Waals surface area contributed by atoms with Crippen molar-refractivity contribution in [3.05, 3.63) is 63.0 Å². The van der Waals surface area contributed by atoms with Gasteiger partial charge in [-0.2, -0.15) is 0 Å². The lowest BCUT2D eigenvalue weighted by Gasteiger charge is -2.27. The van der Waals surface area contributed by atoms with Gasteiger partial charge in [0.2, 0.25) is 5.91 Å². The molecule has 3 heterocycles. The first kappa shape index (κ1) is 16.6. The Morgan fingerprint density at radius 2 is 2.23 bits per heavy atom. The Labute approximate surface area is 150 Å². The van der Waals surface area contributed by atoms with Crippen LogP contribution in [0.4, 0.5) is 0 Å². The van der Waals surface area contributed by atoms with Gasteiger partial charge < -0.3 is 14.3 Å². The number of fused-ring (bicyclic) bond motifs is 2. The lowest BCUT2D eigenvalue weighted by Crippen LogP contribution is -2.40. The highest BCUT2D eigenvalue weighted by atomic mass is 16.3. The molecule has 0 atom stereocenters. The third kappa shape index (κ3) is 2.92. The summed E-state index contributed by atoms with van der Waals surface area (Å²) in [6, 6.07) is 6.10. The van der Waals surface area contributed by atoms with Crippen LogP contribution >= 0.6 is 0 Å². The number of hydrogen-bond acceptors (Lipinski definition) is 4. The van der Waals surface area contributed by atoms with Crippen LogP contribution in [0.15, 0.2) is 33.7 Å². The predicted octanol–water partition coefficient (Wildman–Crippen LogP) is 2.51. The molecule has 4 rings (SSSR count). The summed E-state index contributed by atoms with van der Waals surface area (Å²) in [7, 11) is 0. The number of amides is 1. The van der Waals surface area contributed by atoms with E-state index in [0.717, 1.165) is 23.0 Å². The number of carbonyl (C=O) groups excluding carboxylic acids is 1. The van der Waals surface area contributed by atoms with Crippen molar-refractivity contribution >= 4 is 16.9 Å². The highest BCUT2D eigenvalue weighted by molar-refractivity contribution is 5.88. The first-order chi connectivity index (χ1) is 12.5. The maximum atomic E-state index is 12.8. The molecule has 1 N–H and O–H groups in total. The molecule has 0 bridgehead atoms. The van der Waals surface area contributed by atoms with Gasteiger partial charge in [-0.1, -0.05) is 13.0 Å². The maximum Gasteiger partial charge on any atom is 0.254 e. The summed E-state index contributed by atoms with van der Waals surface area (Å²) in [6.45, 7) is 4.78. The summed E-state index contributed by atoms with van der Waals surface area (Å²) in [5.41, 5.74) is 4.24. The van der Waals surface area contributed by atoms with Crippen LogP contribution in [0, 0.1) is 6.92 Å². The minimum atomic E-state index is -0.0903. The van der Waals surface area contributed by atoms with E-state index in [4.69, 9.17) is 4.42 Å². The van der Waals surface area contributed by atoms with Crippen molar-refractivity contribution in [1.82, 2.24) is 14.9 Å². The molecule has 6 heteroatoms. The largest absolute Gasteiger partial charge is 0.464 e. The molecule has 1 aliphatic heterocycles. The van der Waals surface area contributed by atoms with Gasteiger partial charge in [0, 0.05) is 23.1 Å². The zero-order valence-corrected chi connectivity index (χ0v) is 15.0. The van der Waals surface area contributed by atoms with E-state index in [1.165, 1.54) is 5.56 Å². The number of benzene rings is 1. The van der Waals surface area contributed by atoms with E-state index in [-0.39, 0.29) is 17.9 Å². The summed E-state index contributed by atoms with van der Waals surface area (Å²) >= 11 is 0. The number of nitrogens with zero attached hydrogens (tertiary/aromatic N) is 2. The molecule has 0 spiro atoms. The molecule has 1 amide bonds. The molecular weight excluding hydrogens is 330 g/mol. The number of rotatable bonds is 3. The quantitative estimate of drug-likeness (QED) is 0.786. The Bertz CT molecular complexity index is 1050. The van der Waals surface area contributed by atoms with Crippen LogP contribution in [0.5, 0.6) is 0 Å². The Hall–Kier alpha value is -2.89. The van der Waals surface area contributed by atoms with Crippen LogP contribution in [0.3, 0.4) is 0 Å². The molecule has 134 valence electrons. The van der Waals surface area contributed by atoms with Gasteiger partial charge in [0.25, 0.3) is 5.56 Å². The van der Waals surface area contributed by atoms with Crippen molar-refractivity contribution in [2.24, 2.45) is 0 Å². The zero-order chi connectivity index (χ0) is 18.3. The molecule has 0 aliphatic carbocycles. The fraction of sp³-hybridized carbons (Fsp3) is 0.350. The van der Waals surface area contributed by atoms with E-state index in [2.05, 4.69) is 23.0 Å². The number of aromatic amines is 1. The van der Waals surface area contributed by atoms with E-state index in [1.54, 1.807) is 18.1 Å². The molecule has 2 aromatic heterocycles. The monoisotopic (exact) mass is 351 g/mol. The van der Waals surface area contributed by atoms with Crippen LogP contribution in [-0.2, 0) is 30.6 Å². The maximum absolute atomic E-state index is 12.8. The third-order valence-electron chi connectivity index (χ3n) is 5.01. The summed E-state index contributed by atoms with van der Waals surface area (Å²) in [5, 5.41) is 1.00. The molecule has 0 radical (unpaired) electrons. The Kier molecular flexibility index (Phi) is 4.11.